The van der Waals surface area contributed by atoms with Gasteiger partial charge in [0.05, 0.1) is 12.5 Å². The molecule has 5 nitrogen and oxygen atoms in total. The molecule has 1 saturated carbocycles. The Kier molecular flexibility index (Phi) is 3.14. The van der Waals surface area contributed by atoms with Gasteiger partial charge in [-0.2, -0.15) is 0 Å². The third-order valence-electron chi connectivity index (χ3n) is 3.04. The molecule has 5 heteroatoms. The van der Waals surface area contributed by atoms with Crippen LogP contribution < -0.4 is 0 Å². The van der Waals surface area contributed by atoms with Crippen molar-refractivity contribution in [2.45, 2.75) is 38.4 Å². The van der Waals surface area contributed by atoms with Crippen LogP contribution in [0.2, 0.25) is 0 Å². The van der Waals surface area contributed by atoms with Gasteiger partial charge in [0.15, 0.2) is 0 Å². The van der Waals surface area contributed by atoms with Crippen LogP contribution in [-0.2, 0) is 23.8 Å². The lowest BCUT2D eigenvalue weighted by Gasteiger charge is -2.34. The molecular formula is C11H16O5. The van der Waals surface area contributed by atoms with E-state index in [1.165, 1.54) is 0 Å². The second-order valence-electron chi connectivity index (χ2n) is 4.22. The number of hydrogen-bond acceptors (Lipinski definition) is 5. The highest BCUT2D eigenvalue weighted by atomic mass is 16.8. The fraction of sp³-hybridized carbons (Fsp3) is 0.818. The number of rotatable bonds is 2. The van der Waals surface area contributed by atoms with E-state index in [0.717, 1.165) is 12.8 Å². The summed E-state index contributed by atoms with van der Waals surface area (Å²) < 4.78 is 15.5. The van der Waals surface area contributed by atoms with Gasteiger partial charge in [0.2, 0.25) is 5.79 Å². The highest BCUT2D eigenvalue weighted by molar-refractivity contribution is 5.74. The van der Waals surface area contributed by atoms with Crippen molar-refractivity contribution >= 4 is 11.9 Å². The van der Waals surface area contributed by atoms with E-state index in [1.54, 1.807) is 6.92 Å². The van der Waals surface area contributed by atoms with Crippen LogP contribution in [0.5, 0.6) is 0 Å². The summed E-state index contributed by atoms with van der Waals surface area (Å²) >= 11 is 0. The number of hydrogen-bond donors (Lipinski definition) is 0. The monoisotopic (exact) mass is 228 g/mol. The van der Waals surface area contributed by atoms with Gasteiger partial charge in [0.25, 0.3) is 0 Å². The van der Waals surface area contributed by atoms with E-state index in [9.17, 15) is 9.59 Å². The third-order valence-corrected chi connectivity index (χ3v) is 3.04. The fourth-order valence-electron chi connectivity index (χ4n) is 2.34. The van der Waals surface area contributed by atoms with Crippen molar-refractivity contribution in [1.82, 2.24) is 0 Å². The highest BCUT2D eigenvalue weighted by Gasteiger charge is 2.47. The predicted octanol–water partition coefficient (Wildman–Crippen LogP) is 1.01. The summed E-state index contributed by atoms with van der Waals surface area (Å²) in [5, 5.41) is 0. The van der Waals surface area contributed by atoms with Crippen molar-refractivity contribution in [2.24, 2.45) is 5.92 Å². The normalized spacial score (nSPS) is 33.8. The van der Waals surface area contributed by atoms with Gasteiger partial charge >= 0.3 is 11.9 Å². The van der Waals surface area contributed by atoms with Crippen molar-refractivity contribution < 1.29 is 23.8 Å². The zero-order valence-corrected chi connectivity index (χ0v) is 9.36. The predicted molar refractivity (Wildman–Crippen MR) is 53.4 cm³/mol. The maximum atomic E-state index is 11.6. The molecule has 0 N–H and O–H groups in total. The van der Waals surface area contributed by atoms with Crippen molar-refractivity contribution in [1.29, 1.82) is 0 Å². The summed E-state index contributed by atoms with van der Waals surface area (Å²) in [7, 11) is 0. The molecule has 0 amide bonds. The first-order valence-electron chi connectivity index (χ1n) is 5.68. The molecule has 0 aromatic heterocycles. The van der Waals surface area contributed by atoms with Gasteiger partial charge in [-0.3, -0.25) is 4.79 Å². The molecule has 2 unspecified atom stereocenters. The zero-order chi connectivity index (χ0) is 11.6. The number of esters is 2. The van der Waals surface area contributed by atoms with Crippen molar-refractivity contribution in [3.63, 3.8) is 0 Å². The molecule has 2 rings (SSSR count). The molecule has 0 radical (unpaired) electrons. The van der Waals surface area contributed by atoms with Gasteiger partial charge in [0, 0.05) is 12.8 Å². The molecule has 0 aromatic carbocycles. The van der Waals surface area contributed by atoms with Crippen molar-refractivity contribution in [3.8, 4) is 0 Å². The van der Waals surface area contributed by atoms with Crippen LogP contribution in [0.25, 0.3) is 0 Å². The summed E-state index contributed by atoms with van der Waals surface area (Å²) in [6.07, 6.45) is 2.70. The molecule has 1 aliphatic heterocycles. The molecule has 0 aromatic rings. The highest BCUT2D eigenvalue weighted by Crippen LogP contribution is 2.39. The van der Waals surface area contributed by atoms with E-state index in [4.69, 9.17) is 14.2 Å². The maximum absolute atomic E-state index is 11.6. The Morgan fingerprint density at radius 3 is 3.06 bits per heavy atom. The van der Waals surface area contributed by atoms with E-state index in [0.29, 0.717) is 19.4 Å². The Morgan fingerprint density at radius 1 is 1.62 bits per heavy atom. The van der Waals surface area contributed by atoms with E-state index in [1.807, 2.05) is 0 Å². The van der Waals surface area contributed by atoms with Crippen molar-refractivity contribution in [2.75, 3.05) is 13.2 Å². The zero-order valence-electron chi connectivity index (χ0n) is 9.36. The standard InChI is InChI=1S/C11H16O5/c1-2-14-10(13)8-4-3-5-11(6-8)15-7-9(12)16-11/h8H,2-7H2,1H3. The fourth-order valence-corrected chi connectivity index (χ4v) is 2.34. The average molecular weight is 228 g/mol. The molecule has 1 spiro atoms. The molecule has 16 heavy (non-hydrogen) atoms. The van der Waals surface area contributed by atoms with E-state index < -0.39 is 5.79 Å². The second kappa shape index (κ2) is 4.41. The summed E-state index contributed by atoms with van der Waals surface area (Å²) in [4.78, 5) is 22.7. The number of carbonyl (C=O) groups is 2. The van der Waals surface area contributed by atoms with Gasteiger partial charge < -0.3 is 14.2 Å². The quantitative estimate of drug-likeness (QED) is 0.660. The van der Waals surface area contributed by atoms with Gasteiger partial charge in [-0.1, -0.05) is 0 Å². The maximum Gasteiger partial charge on any atom is 0.334 e. The lowest BCUT2D eigenvalue weighted by molar-refractivity contribution is -0.198. The largest absolute Gasteiger partial charge is 0.466 e. The molecular weight excluding hydrogens is 212 g/mol. The first-order valence-corrected chi connectivity index (χ1v) is 5.68. The van der Waals surface area contributed by atoms with Crippen molar-refractivity contribution in [3.05, 3.63) is 0 Å². The van der Waals surface area contributed by atoms with E-state index in [2.05, 4.69) is 0 Å². The van der Waals surface area contributed by atoms with Crippen LogP contribution >= 0.6 is 0 Å². The van der Waals surface area contributed by atoms with E-state index >= 15 is 0 Å². The Morgan fingerprint density at radius 2 is 2.44 bits per heavy atom. The number of carbonyl (C=O) groups excluding carboxylic acids is 2. The average Bonchev–Trinajstić information content (AvgIpc) is 2.60. The molecule has 1 saturated heterocycles. The van der Waals surface area contributed by atoms with Crippen LogP contribution in [-0.4, -0.2) is 30.9 Å². The number of ether oxygens (including phenoxy) is 3. The molecule has 1 heterocycles. The van der Waals surface area contributed by atoms with Crippen LogP contribution in [0.4, 0.5) is 0 Å². The van der Waals surface area contributed by atoms with Crippen LogP contribution in [0.3, 0.4) is 0 Å². The topological polar surface area (TPSA) is 61.8 Å². The SMILES string of the molecule is CCOC(=O)C1CCCC2(C1)OCC(=O)O2. The summed E-state index contributed by atoms with van der Waals surface area (Å²) in [5.41, 5.74) is 0. The minimum absolute atomic E-state index is 0.00442. The Bertz CT molecular complexity index is 301. The summed E-state index contributed by atoms with van der Waals surface area (Å²) in [6.45, 7) is 2.15. The molecule has 90 valence electrons. The molecule has 2 fully saturated rings. The van der Waals surface area contributed by atoms with Gasteiger partial charge in [-0.15, -0.1) is 0 Å². The molecule has 2 aliphatic rings. The molecule has 2 atom stereocenters. The Balaban J connectivity index is 1.99. The smallest absolute Gasteiger partial charge is 0.334 e. The van der Waals surface area contributed by atoms with Gasteiger partial charge in [-0.05, 0) is 19.8 Å². The first kappa shape index (κ1) is 11.4. The Hall–Kier alpha value is -1.10. The van der Waals surface area contributed by atoms with Gasteiger partial charge in [0.1, 0.15) is 6.61 Å². The minimum Gasteiger partial charge on any atom is -0.466 e. The van der Waals surface area contributed by atoms with Crippen LogP contribution in [0, 0.1) is 5.92 Å². The second-order valence-corrected chi connectivity index (χ2v) is 4.22. The van der Waals surface area contributed by atoms with Crippen LogP contribution in [0.15, 0.2) is 0 Å². The van der Waals surface area contributed by atoms with E-state index in [-0.39, 0.29) is 24.5 Å². The third kappa shape index (κ3) is 2.19. The lowest BCUT2D eigenvalue weighted by Crippen LogP contribution is -2.39. The molecule has 0 bridgehead atoms. The first-order chi connectivity index (χ1) is 7.65. The molecule has 1 aliphatic carbocycles. The van der Waals surface area contributed by atoms with Gasteiger partial charge in [-0.25, -0.2) is 4.79 Å². The summed E-state index contributed by atoms with van der Waals surface area (Å²) in [6, 6.07) is 0. The minimum atomic E-state index is -0.854. The Labute approximate surface area is 94.0 Å². The lowest BCUT2D eigenvalue weighted by atomic mass is 9.85. The van der Waals surface area contributed by atoms with Crippen LogP contribution in [0.1, 0.15) is 32.6 Å². The summed E-state index contributed by atoms with van der Waals surface area (Å²) in [5.74, 6) is -1.62.